The zero-order valence-corrected chi connectivity index (χ0v) is 16.8. The Hall–Kier alpha value is -2.34. The maximum absolute atomic E-state index is 12.6. The van der Waals surface area contributed by atoms with E-state index in [0.29, 0.717) is 12.5 Å². The third-order valence-corrected chi connectivity index (χ3v) is 6.02. The Morgan fingerprint density at radius 2 is 1.93 bits per heavy atom. The highest BCUT2D eigenvalue weighted by molar-refractivity contribution is 5.42. The van der Waals surface area contributed by atoms with Crippen molar-refractivity contribution in [3.63, 3.8) is 0 Å². The van der Waals surface area contributed by atoms with Crippen molar-refractivity contribution in [1.82, 2.24) is 14.9 Å². The minimum atomic E-state index is 0.0661. The predicted molar refractivity (Wildman–Crippen MR) is 108 cm³/mol. The SMILES string of the molecule is COc1ccc(CN2CCc3c(nc(C4CCCCC4)[nH]c3=O)C2)cc1OC. The number of aromatic nitrogens is 2. The molecule has 1 N–H and O–H groups in total. The molecule has 0 atom stereocenters. The lowest BCUT2D eigenvalue weighted by molar-refractivity contribution is 0.239. The Labute approximate surface area is 165 Å². The molecule has 2 heterocycles. The first-order valence-corrected chi connectivity index (χ1v) is 10.2. The Kier molecular flexibility index (Phi) is 5.67. The molecule has 2 aliphatic rings. The fourth-order valence-corrected chi connectivity index (χ4v) is 4.45. The first kappa shape index (κ1) is 19.0. The third-order valence-electron chi connectivity index (χ3n) is 6.02. The van der Waals surface area contributed by atoms with E-state index in [1.165, 1.54) is 24.8 Å². The molecule has 6 heteroatoms. The Morgan fingerprint density at radius 3 is 2.68 bits per heavy atom. The molecule has 6 nitrogen and oxygen atoms in total. The van der Waals surface area contributed by atoms with E-state index < -0.39 is 0 Å². The second kappa shape index (κ2) is 8.35. The summed E-state index contributed by atoms with van der Waals surface area (Å²) in [5.41, 5.74) is 3.05. The van der Waals surface area contributed by atoms with E-state index in [2.05, 4.69) is 16.0 Å². The van der Waals surface area contributed by atoms with Crippen LogP contribution in [-0.2, 0) is 19.5 Å². The van der Waals surface area contributed by atoms with Gasteiger partial charge in [0.05, 0.1) is 19.9 Å². The summed E-state index contributed by atoms with van der Waals surface area (Å²) in [6.45, 7) is 2.37. The molecule has 0 unspecified atom stereocenters. The van der Waals surface area contributed by atoms with Crippen molar-refractivity contribution in [1.29, 1.82) is 0 Å². The van der Waals surface area contributed by atoms with E-state index in [4.69, 9.17) is 14.5 Å². The standard InChI is InChI=1S/C22H29N3O3/c1-27-19-9-8-15(12-20(19)28-2)13-25-11-10-17-18(14-25)23-21(24-22(17)26)16-6-4-3-5-7-16/h8-9,12,16H,3-7,10-11,13-14H2,1-2H3,(H,23,24,26). The van der Waals surface area contributed by atoms with Crippen LogP contribution in [0.3, 0.4) is 0 Å². The van der Waals surface area contributed by atoms with Gasteiger partial charge < -0.3 is 14.5 Å². The largest absolute Gasteiger partial charge is 0.493 e. The predicted octanol–water partition coefficient (Wildman–Crippen LogP) is 3.39. The van der Waals surface area contributed by atoms with Crippen LogP contribution in [-0.4, -0.2) is 35.6 Å². The van der Waals surface area contributed by atoms with Crippen LogP contribution in [0.15, 0.2) is 23.0 Å². The van der Waals surface area contributed by atoms with E-state index in [0.717, 1.165) is 60.9 Å². The zero-order chi connectivity index (χ0) is 19.5. The number of nitrogens with zero attached hydrogens (tertiary/aromatic N) is 2. The highest BCUT2D eigenvalue weighted by Crippen LogP contribution is 2.31. The highest BCUT2D eigenvalue weighted by atomic mass is 16.5. The summed E-state index contributed by atoms with van der Waals surface area (Å²) in [7, 11) is 3.30. The topological polar surface area (TPSA) is 67.5 Å². The van der Waals surface area contributed by atoms with Gasteiger partial charge >= 0.3 is 0 Å². The molecule has 1 aliphatic heterocycles. The van der Waals surface area contributed by atoms with Crippen molar-refractivity contribution in [2.75, 3.05) is 20.8 Å². The van der Waals surface area contributed by atoms with Gasteiger partial charge in [-0.15, -0.1) is 0 Å². The van der Waals surface area contributed by atoms with Gasteiger partial charge in [0.2, 0.25) is 0 Å². The van der Waals surface area contributed by atoms with Gasteiger partial charge in [-0.2, -0.15) is 0 Å². The number of rotatable bonds is 5. The normalized spacial score (nSPS) is 17.9. The number of aromatic amines is 1. The molecular weight excluding hydrogens is 354 g/mol. The number of H-pyrrole nitrogens is 1. The lowest BCUT2D eigenvalue weighted by Gasteiger charge is -2.29. The molecule has 2 aromatic rings. The van der Waals surface area contributed by atoms with Crippen molar-refractivity contribution in [2.45, 2.75) is 57.5 Å². The van der Waals surface area contributed by atoms with Gasteiger partial charge in [-0.1, -0.05) is 25.3 Å². The van der Waals surface area contributed by atoms with E-state index in [1.54, 1.807) is 14.2 Å². The molecule has 28 heavy (non-hydrogen) atoms. The number of hydrogen-bond acceptors (Lipinski definition) is 5. The number of fused-ring (bicyclic) bond motifs is 1. The number of hydrogen-bond donors (Lipinski definition) is 1. The molecule has 0 spiro atoms. The van der Waals surface area contributed by atoms with Crippen LogP contribution < -0.4 is 15.0 Å². The molecule has 1 aromatic heterocycles. The number of nitrogens with one attached hydrogen (secondary N) is 1. The summed E-state index contributed by atoms with van der Waals surface area (Å²) < 4.78 is 10.7. The van der Waals surface area contributed by atoms with Crippen LogP contribution in [0.2, 0.25) is 0 Å². The summed E-state index contributed by atoms with van der Waals surface area (Å²) in [5, 5.41) is 0. The molecule has 0 radical (unpaired) electrons. The molecule has 1 aliphatic carbocycles. The van der Waals surface area contributed by atoms with Crippen LogP contribution >= 0.6 is 0 Å². The minimum absolute atomic E-state index is 0.0661. The second-order valence-electron chi connectivity index (χ2n) is 7.86. The number of methoxy groups -OCH3 is 2. The van der Waals surface area contributed by atoms with Crippen molar-refractivity contribution in [3.05, 3.63) is 51.2 Å². The minimum Gasteiger partial charge on any atom is -0.493 e. The highest BCUT2D eigenvalue weighted by Gasteiger charge is 2.24. The Morgan fingerprint density at radius 1 is 1.14 bits per heavy atom. The molecule has 0 saturated heterocycles. The molecular formula is C22H29N3O3. The van der Waals surface area contributed by atoms with E-state index in [1.807, 2.05) is 12.1 Å². The molecule has 1 fully saturated rings. The maximum atomic E-state index is 12.6. The van der Waals surface area contributed by atoms with Crippen LogP contribution in [0.4, 0.5) is 0 Å². The van der Waals surface area contributed by atoms with Gasteiger partial charge in [0.15, 0.2) is 11.5 Å². The van der Waals surface area contributed by atoms with Crippen molar-refractivity contribution < 1.29 is 9.47 Å². The number of ether oxygens (including phenoxy) is 2. The van der Waals surface area contributed by atoms with Crippen LogP contribution in [0.5, 0.6) is 11.5 Å². The van der Waals surface area contributed by atoms with Gasteiger partial charge in [-0.05, 0) is 37.0 Å². The van der Waals surface area contributed by atoms with E-state index in [-0.39, 0.29) is 5.56 Å². The molecule has 1 saturated carbocycles. The summed E-state index contributed by atoms with van der Waals surface area (Å²) in [6, 6.07) is 6.03. The summed E-state index contributed by atoms with van der Waals surface area (Å²) in [6.07, 6.45) is 6.78. The fraction of sp³-hybridized carbons (Fsp3) is 0.545. The monoisotopic (exact) mass is 383 g/mol. The van der Waals surface area contributed by atoms with Crippen LogP contribution in [0.25, 0.3) is 0 Å². The maximum Gasteiger partial charge on any atom is 0.254 e. The van der Waals surface area contributed by atoms with E-state index >= 15 is 0 Å². The quantitative estimate of drug-likeness (QED) is 0.857. The van der Waals surface area contributed by atoms with E-state index in [9.17, 15) is 4.79 Å². The van der Waals surface area contributed by atoms with Crippen molar-refractivity contribution >= 4 is 0 Å². The average molecular weight is 383 g/mol. The summed E-state index contributed by atoms with van der Waals surface area (Å²) >= 11 is 0. The fourth-order valence-electron chi connectivity index (χ4n) is 4.45. The first-order chi connectivity index (χ1) is 13.7. The van der Waals surface area contributed by atoms with Gasteiger partial charge in [0.1, 0.15) is 5.82 Å². The Balaban J connectivity index is 1.52. The zero-order valence-electron chi connectivity index (χ0n) is 16.8. The molecule has 150 valence electrons. The van der Waals surface area contributed by atoms with Crippen LogP contribution in [0.1, 0.15) is 60.7 Å². The molecule has 0 amide bonds. The van der Waals surface area contributed by atoms with Gasteiger partial charge in [-0.3, -0.25) is 9.69 Å². The molecule has 1 aromatic carbocycles. The number of benzene rings is 1. The van der Waals surface area contributed by atoms with Crippen molar-refractivity contribution in [3.8, 4) is 11.5 Å². The first-order valence-electron chi connectivity index (χ1n) is 10.2. The smallest absolute Gasteiger partial charge is 0.254 e. The average Bonchev–Trinajstić information content (AvgIpc) is 2.74. The van der Waals surface area contributed by atoms with Gasteiger partial charge in [-0.25, -0.2) is 4.98 Å². The summed E-state index contributed by atoms with van der Waals surface area (Å²) in [5.74, 6) is 2.79. The Bertz CT molecular complexity index is 887. The lowest BCUT2D eigenvalue weighted by atomic mass is 9.88. The van der Waals surface area contributed by atoms with Crippen molar-refractivity contribution in [2.24, 2.45) is 0 Å². The van der Waals surface area contributed by atoms with Gasteiger partial charge in [0, 0.05) is 31.1 Å². The molecule has 0 bridgehead atoms. The molecule has 4 rings (SSSR count). The van der Waals surface area contributed by atoms with Gasteiger partial charge in [0.25, 0.3) is 5.56 Å². The summed E-state index contributed by atoms with van der Waals surface area (Å²) in [4.78, 5) is 22.9. The second-order valence-corrected chi connectivity index (χ2v) is 7.86. The third kappa shape index (κ3) is 3.92. The van der Waals surface area contributed by atoms with Crippen LogP contribution in [0, 0.1) is 0 Å². The lowest BCUT2D eigenvalue weighted by Crippen LogP contribution is -2.35.